The minimum Gasteiger partial charge on any atom is -0.352 e. The van der Waals surface area contributed by atoms with Gasteiger partial charge >= 0.3 is 0 Å². The van der Waals surface area contributed by atoms with Crippen LogP contribution in [0.2, 0.25) is 0 Å². The lowest BCUT2D eigenvalue weighted by Gasteiger charge is -2.49. The lowest BCUT2D eigenvalue weighted by atomic mass is 9.67. The molecule has 1 aliphatic carbocycles. The van der Waals surface area contributed by atoms with Crippen molar-refractivity contribution in [2.75, 3.05) is 6.54 Å². The maximum Gasteiger partial charge on any atom is 0.247 e. The summed E-state index contributed by atoms with van der Waals surface area (Å²) in [6, 6.07) is 2.33. The number of amides is 2. The van der Waals surface area contributed by atoms with E-state index >= 15 is 0 Å². The van der Waals surface area contributed by atoms with Crippen LogP contribution in [0.5, 0.6) is 0 Å². The molecule has 4 aliphatic rings. The van der Waals surface area contributed by atoms with Gasteiger partial charge in [0.05, 0.1) is 12.5 Å². The molecule has 5 N–H and O–H groups in total. The van der Waals surface area contributed by atoms with Crippen molar-refractivity contribution in [1.29, 1.82) is 5.26 Å². The molecule has 0 aromatic heterocycles. The van der Waals surface area contributed by atoms with E-state index < -0.39 is 0 Å². The molecule has 8 atom stereocenters. The number of nitriles is 1. The van der Waals surface area contributed by atoms with Crippen molar-refractivity contribution in [3.05, 3.63) is 11.1 Å². The smallest absolute Gasteiger partial charge is 0.247 e. The van der Waals surface area contributed by atoms with Gasteiger partial charge in [-0.1, -0.05) is 57.4 Å². The lowest BCUT2D eigenvalue weighted by molar-refractivity contribution is -0.125. The van der Waals surface area contributed by atoms with Crippen molar-refractivity contribution >= 4 is 11.8 Å². The predicted molar refractivity (Wildman–Crippen MR) is 140 cm³/mol. The Labute approximate surface area is 216 Å². The van der Waals surface area contributed by atoms with Crippen LogP contribution in [0.25, 0.3) is 0 Å². The normalized spacial score (nSPS) is 37.1. The first-order valence-electron chi connectivity index (χ1n) is 14.2. The van der Waals surface area contributed by atoms with E-state index in [1.54, 1.807) is 0 Å². The number of hydrogen-bond acceptors (Lipinski definition) is 6. The fourth-order valence-electron chi connectivity index (χ4n) is 7.38. The summed E-state index contributed by atoms with van der Waals surface area (Å²) in [5, 5.41) is 19.4. The fourth-order valence-corrected chi connectivity index (χ4v) is 7.38. The molecule has 0 bridgehead atoms. The molecule has 200 valence electrons. The summed E-state index contributed by atoms with van der Waals surface area (Å²) in [6.07, 6.45) is 9.94. The van der Waals surface area contributed by atoms with E-state index in [4.69, 9.17) is 5.26 Å². The van der Waals surface area contributed by atoms with Crippen molar-refractivity contribution in [3.8, 4) is 6.07 Å². The monoisotopic (exact) mass is 498 g/mol. The first-order chi connectivity index (χ1) is 17.3. The van der Waals surface area contributed by atoms with Crippen LogP contribution >= 0.6 is 0 Å². The Morgan fingerprint density at radius 3 is 2.50 bits per heavy atom. The molecule has 0 spiro atoms. The number of rotatable bonds is 5. The third kappa shape index (κ3) is 5.95. The van der Waals surface area contributed by atoms with Crippen LogP contribution in [0, 0.1) is 35.0 Å². The summed E-state index contributed by atoms with van der Waals surface area (Å²) >= 11 is 0. The largest absolute Gasteiger partial charge is 0.352 e. The molecule has 8 nitrogen and oxygen atoms in total. The molecular formula is C28H46N6O2. The molecule has 36 heavy (non-hydrogen) atoms. The van der Waals surface area contributed by atoms with Gasteiger partial charge < -0.3 is 16.0 Å². The molecule has 2 amide bonds. The number of nitrogens with zero attached hydrogens (tertiary/aromatic N) is 1. The number of hydrazine groups is 1. The minimum absolute atomic E-state index is 0.0188. The van der Waals surface area contributed by atoms with Gasteiger partial charge in [0.15, 0.2) is 0 Å². The average Bonchev–Trinajstić information content (AvgIpc) is 2.82. The van der Waals surface area contributed by atoms with Gasteiger partial charge in [-0.3, -0.25) is 15.0 Å². The van der Waals surface area contributed by atoms with E-state index in [0.29, 0.717) is 17.4 Å². The standard InChI is InChI=1S/C28H46N6O2/c1-16-12-21(14-29)33-34-26(16)19(4)31-24(35)13-22-17(2)25-18(3)30-15-23(27(25)32-28(22)36)20-10-8-6-5-7-9-11-20/h16,18-21,23,25-27,30,33-34H,5-13,15H2,1-4H3,(H,31,35)(H,32,36)/t16?,18?,19-,21?,23?,25?,26?,27?/m1/s1. The third-order valence-electron chi connectivity index (χ3n) is 9.43. The number of carbonyl (C=O) groups excluding carboxylic acids is 2. The molecule has 3 aliphatic heterocycles. The topological polar surface area (TPSA) is 118 Å². The van der Waals surface area contributed by atoms with Gasteiger partial charge in [-0.25, -0.2) is 5.43 Å². The Kier molecular flexibility index (Phi) is 9.08. The minimum atomic E-state index is -0.219. The van der Waals surface area contributed by atoms with Gasteiger partial charge in [0, 0.05) is 42.2 Å². The molecule has 0 radical (unpaired) electrons. The molecule has 7 unspecified atom stereocenters. The van der Waals surface area contributed by atoms with Crippen LogP contribution in [0.3, 0.4) is 0 Å². The summed E-state index contributed by atoms with van der Waals surface area (Å²) in [7, 11) is 0. The number of fused-ring (bicyclic) bond motifs is 1. The van der Waals surface area contributed by atoms with Crippen molar-refractivity contribution in [1.82, 2.24) is 26.8 Å². The summed E-state index contributed by atoms with van der Waals surface area (Å²) in [5.74, 6) is 1.36. The Balaban J connectivity index is 1.43. The van der Waals surface area contributed by atoms with E-state index in [0.717, 1.165) is 18.5 Å². The number of carbonyl (C=O) groups is 2. The number of nitrogens with one attached hydrogen (secondary N) is 5. The highest BCUT2D eigenvalue weighted by Gasteiger charge is 2.46. The van der Waals surface area contributed by atoms with Gasteiger partial charge in [0.1, 0.15) is 6.04 Å². The zero-order valence-corrected chi connectivity index (χ0v) is 22.5. The van der Waals surface area contributed by atoms with Crippen molar-refractivity contribution in [2.24, 2.45) is 23.7 Å². The van der Waals surface area contributed by atoms with E-state index in [2.05, 4.69) is 53.6 Å². The maximum absolute atomic E-state index is 13.3. The second kappa shape index (κ2) is 12.1. The zero-order chi connectivity index (χ0) is 25.8. The van der Waals surface area contributed by atoms with Crippen molar-refractivity contribution in [3.63, 3.8) is 0 Å². The van der Waals surface area contributed by atoms with Crippen LogP contribution in [-0.2, 0) is 9.59 Å². The highest BCUT2D eigenvalue weighted by molar-refractivity contribution is 6.00. The molecular weight excluding hydrogens is 452 g/mol. The molecule has 0 aromatic carbocycles. The van der Waals surface area contributed by atoms with Crippen LogP contribution in [0.15, 0.2) is 11.1 Å². The highest BCUT2D eigenvalue weighted by Crippen LogP contribution is 2.40. The molecule has 3 fully saturated rings. The molecule has 4 rings (SSSR count). The first-order valence-corrected chi connectivity index (χ1v) is 14.2. The number of piperidine rings is 1. The molecule has 8 heteroatoms. The van der Waals surface area contributed by atoms with Crippen LogP contribution in [0.4, 0.5) is 0 Å². The van der Waals surface area contributed by atoms with Crippen LogP contribution < -0.4 is 26.8 Å². The van der Waals surface area contributed by atoms with Crippen molar-refractivity contribution < 1.29 is 9.59 Å². The van der Waals surface area contributed by atoms with Gasteiger partial charge in [-0.05, 0) is 44.9 Å². The molecule has 3 heterocycles. The molecule has 2 saturated heterocycles. The molecule has 1 saturated carbocycles. The van der Waals surface area contributed by atoms with Gasteiger partial charge in [0.2, 0.25) is 11.8 Å². The van der Waals surface area contributed by atoms with Gasteiger partial charge in [0.25, 0.3) is 0 Å². The Morgan fingerprint density at radius 2 is 1.83 bits per heavy atom. The van der Waals surface area contributed by atoms with Gasteiger partial charge in [-0.15, -0.1) is 0 Å². The van der Waals surface area contributed by atoms with E-state index in [9.17, 15) is 9.59 Å². The Hall–Kier alpha value is -1.95. The highest BCUT2D eigenvalue weighted by atomic mass is 16.2. The third-order valence-corrected chi connectivity index (χ3v) is 9.43. The quantitative estimate of drug-likeness (QED) is 0.398. The van der Waals surface area contributed by atoms with E-state index in [1.165, 1.54) is 44.9 Å². The molecule has 0 aromatic rings. The lowest BCUT2D eigenvalue weighted by Crippen LogP contribution is -2.63. The summed E-state index contributed by atoms with van der Waals surface area (Å²) in [6.45, 7) is 9.31. The second-order valence-corrected chi connectivity index (χ2v) is 11.9. The van der Waals surface area contributed by atoms with E-state index in [1.807, 2.05) is 6.92 Å². The van der Waals surface area contributed by atoms with Gasteiger partial charge in [-0.2, -0.15) is 5.26 Å². The average molecular weight is 499 g/mol. The van der Waals surface area contributed by atoms with Crippen LogP contribution in [0.1, 0.15) is 85.5 Å². The summed E-state index contributed by atoms with van der Waals surface area (Å²) in [5.41, 5.74) is 7.93. The number of hydrogen-bond donors (Lipinski definition) is 5. The fraction of sp³-hybridized carbons (Fsp3) is 0.821. The van der Waals surface area contributed by atoms with E-state index in [-0.39, 0.29) is 60.3 Å². The summed E-state index contributed by atoms with van der Waals surface area (Å²) < 4.78 is 0. The predicted octanol–water partition coefficient (Wildman–Crippen LogP) is 2.68. The summed E-state index contributed by atoms with van der Waals surface area (Å²) in [4.78, 5) is 26.4. The second-order valence-electron chi connectivity index (χ2n) is 11.9. The SMILES string of the molecule is CC1=C(CC(=O)N[C@H](C)C2NNC(C#N)CC2C)C(=O)NC2C(C3CCCCCCC3)CNC(C)C12. The van der Waals surface area contributed by atoms with Crippen molar-refractivity contribution in [2.45, 2.75) is 116 Å². The van der Waals surface area contributed by atoms with Crippen LogP contribution in [-0.4, -0.2) is 48.6 Å². The maximum atomic E-state index is 13.3. The first kappa shape index (κ1) is 27.1. The Morgan fingerprint density at radius 1 is 1.14 bits per heavy atom. The zero-order valence-electron chi connectivity index (χ0n) is 22.5. The Bertz CT molecular complexity index is 874.